The number of aliphatic hydroxyl groups excluding tert-OH is 4. The molecule has 0 bridgehead atoms. The summed E-state index contributed by atoms with van der Waals surface area (Å²) in [6, 6.07) is 0. The SMILES string of the molecule is CC1(C)CC[C@]2(C[C@H]3OC(CO)[C@@H](O)[C@H](O)C3O)CC[C@]3(C)C(=CCC4[C@@]5(C)CCC(=O)C(C)(C)C5CC[C@]43C)C2C1. The fraction of sp³-hybridized carbons (Fsp3) is 0.917. The molecule has 0 amide bonds. The van der Waals surface area contributed by atoms with Gasteiger partial charge in [-0.05, 0) is 109 Å². The molecular weight excluding hydrogens is 528 g/mol. The van der Waals surface area contributed by atoms with E-state index in [0.29, 0.717) is 36.4 Å². The van der Waals surface area contributed by atoms with Crippen molar-refractivity contribution in [1.29, 1.82) is 0 Å². The third-order valence-corrected chi connectivity index (χ3v) is 15.2. The predicted molar refractivity (Wildman–Crippen MR) is 162 cm³/mol. The maximum absolute atomic E-state index is 13.1. The number of allylic oxidation sites excluding steroid dienone is 2. The highest BCUT2D eigenvalue weighted by Crippen LogP contribution is 2.76. The van der Waals surface area contributed by atoms with Crippen LogP contribution >= 0.6 is 0 Å². The molecular formula is C36H58O6. The molecule has 0 aromatic heterocycles. The van der Waals surface area contributed by atoms with Crippen LogP contribution in [0.4, 0.5) is 0 Å². The van der Waals surface area contributed by atoms with Crippen LogP contribution in [0.15, 0.2) is 11.6 Å². The lowest BCUT2D eigenvalue weighted by molar-refractivity contribution is -0.241. The summed E-state index contributed by atoms with van der Waals surface area (Å²) in [6.45, 7) is 16.5. The van der Waals surface area contributed by atoms with Crippen molar-refractivity contribution in [3.8, 4) is 0 Å². The van der Waals surface area contributed by atoms with Gasteiger partial charge in [0.1, 0.15) is 30.2 Å². The van der Waals surface area contributed by atoms with Gasteiger partial charge in [0.2, 0.25) is 0 Å². The lowest BCUT2D eigenvalue weighted by Crippen LogP contribution is -2.64. The molecule has 0 aromatic carbocycles. The van der Waals surface area contributed by atoms with Crippen molar-refractivity contribution in [2.24, 2.45) is 50.2 Å². The van der Waals surface area contributed by atoms with Gasteiger partial charge < -0.3 is 25.2 Å². The summed E-state index contributed by atoms with van der Waals surface area (Å²) in [5.41, 5.74) is 1.95. The highest BCUT2D eigenvalue weighted by Gasteiger charge is 2.68. The van der Waals surface area contributed by atoms with E-state index < -0.39 is 30.5 Å². The molecule has 12 atom stereocenters. The molecule has 0 radical (unpaired) electrons. The number of carbonyl (C=O) groups excluding carboxylic acids is 1. The van der Waals surface area contributed by atoms with Crippen LogP contribution in [0.25, 0.3) is 0 Å². The van der Waals surface area contributed by atoms with Crippen LogP contribution in [0.2, 0.25) is 0 Å². The van der Waals surface area contributed by atoms with E-state index in [0.717, 1.165) is 57.8 Å². The first kappa shape index (κ1) is 31.2. The number of carbonyl (C=O) groups is 1. The molecule has 4 saturated carbocycles. The van der Waals surface area contributed by atoms with E-state index in [4.69, 9.17) is 4.74 Å². The predicted octanol–water partition coefficient (Wildman–Crippen LogP) is 5.59. The topological polar surface area (TPSA) is 107 Å². The minimum atomic E-state index is -1.32. The number of rotatable bonds is 3. The number of hydrogen-bond donors (Lipinski definition) is 4. The molecule has 0 spiro atoms. The van der Waals surface area contributed by atoms with Crippen molar-refractivity contribution < 1.29 is 30.0 Å². The van der Waals surface area contributed by atoms with E-state index in [1.54, 1.807) is 5.57 Å². The average molecular weight is 587 g/mol. The molecule has 5 aliphatic carbocycles. The normalized spacial score (nSPS) is 53.2. The summed E-state index contributed by atoms with van der Waals surface area (Å²) in [5, 5.41) is 42.0. The highest BCUT2D eigenvalue weighted by atomic mass is 16.5. The smallest absolute Gasteiger partial charge is 0.138 e. The Balaban J connectivity index is 1.37. The zero-order chi connectivity index (χ0) is 30.7. The van der Waals surface area contributed by atoms with Gasteiger partial charge in [-0.25, -0.2) is 0 Å². The molecule has 42 heavy (non-hydrogen) atoms. The summed E-state index contributed by atoms with van der Waals surface area (Å²) in [4.78, 5) is 13.1. The summed E-state index contributed by atoms with van der Waals surface area (Å²) < 4.78 is 6.14. The van der Waals surface area contributed by atoms with E-state index >= 15 is 0 Å². The fourth-order valence-electron chi connectivity index (χ4n) is 12.3. The second-order valence-electron chi connectivity index (χ2n) is 17.8. The van der Waals surface area contributed by atoms with Crippen LogP contribution in [-0.4, -0.2) is 63.3 Å². The van der Waals surface area contributed by atoms with Crippen molar-refractivity contribution in [1.82, 2.24) is 0 Å². The molecule has 4 N–H and O–H groups in total. The molecule has 6 rings (SSSR count). The van der Waals surface area contributed by atoms with Crippen molar-refractivity contribution in [2.45, 2.75) is 150 Å². The Labute approximate surface area is 253 Å². The second kappa shape index (κ2) is 9.85. The minimum absolute atomic E-state index is 0.0436. The Morgan fingerprint density at radius 1 is 0.833 bits per heavy atom. The minimum Gasteiger partial charge on any atom is -0.394 e. The summed E-state index contributed by atoms with van der Waals surface area (Å²) in [6.07, 6.45) is 8.52. The number of ether oxygens (including phenoxy) is 1. The van der Waals surface area contributed by atoms with E-state index in [-0.39, 0.29) is 39.1 Å². The van der Waals surface area contributed by atoms with Gasteiger partial charge in [0, 0.05) is 11.8 Å². The van der Waals surface area contributed by atoms with Crippen LogP contribution in [-0.2, 0) is 9.53 Å². The summed E-state index contributed by atoms with van der Waals surface area (Å²) >= 11 is 0. The Kier molecular flexibility index (Phi) is 7.32. The van der Waals surface area contributed by atoms with Crippen molar-refractivity contribution >= 4 is 5.78 Å². The molecule has 1 aliphatic heterocycles. The van der Waals surface area contributed by atoms with Crippen LogP contribution < -0.4 is 0 Å². The number of fused-ring (bicyclic) bond motifs is 7. The lowest BCUT2D eigenvalue weighted by Gasteiger charge is -2.71. The Bertz CT molecular complexity index is 1130. The van der Waals surface area contributed by atoms with Gasteiger partial charge in [-0.2, -0.15) is 0 Å². The summed E-state index contributed by atoms with van der Waals surface area (Å²) in [5.74, 6) is 1.82. The van der Waals surface area contributed by atoms with E-state index in [9.17, 15) is 25.2 Å². The van der Waals surface area contributed by atoms with Crippen molar-refractivity contribution in [3.63, 3.8) is 0 Å². The molecule has 5 fully saturated rings. The number of hydrogen-bond acceptors (Lipinski definition) is 6. The van der Waals surface area contributed by atoms with Gasteiger partial charge in [0.05, 0.1) is 12.7 Å². The zero-order valence-corrected chi connectivity index (χ0v) is 27.3. The Hall–Kier alpha value is -0.790. The number of Topliss-reactive ketones (excluding diaryl/α,β-unsaturated/α-hetero) is 1. The molecule has 238 valence electrons. The standard InChI is InChI=1S/C36H58O6/c1-31(2)14-16-36(19-23-28(39)30(41)29(40)24(20-37)42-23)17-15-34(6)21(22(36)18-31)8-9-26-33(5)12-11-27(38)32(3,4)25(33)10-13-35(26,34)7/h8,22-26,28-30,37,39-41H,9-20H2,1-7H3/t22?,23-,24?,25?,26?,28?,29-,30-,33+,34-,35-,36-/m1/s1. The number of aliphatic hydroxyl groups is 4. The quantitative estimate of drug-likeness (QED) is 0.321. The molecule has 6 nitrogen and oxygen atoms in total. The van der Waals surface area contributed by atoms with Gasteiger partial charge in [0.25, 0.3) is 0 Å². The average Bonchev–Trinajstić information content (AvgIpc) is 2.92. The highest BCUT2D eigenvalue weighted by molar-refractivity contribution is 5.85. The molecule has 6 aliphatic rings. The zero-order valence-electron chi connectivity index (χ0n) is 27.3. The molecule has 6 heteroatoms. The van der Waals surface area contributed by atoms with E-state index in [2.05, 4.69) is 54.5 Å². The van der Waals surface area contributed by atoms with Gasteiger partial charge in [0.15, 0.2) is 0 Å². The Morgan fingerprint density at radius 3 is 2.19 bits per heavy atom. The molecule has 1 saturated heterocycles. The van der Waals surface area contributed by atoms with Crippen LogP contribution in [0.1, 0.15) is 119 Å². The van der Waals surface area contributed by atoms with Crippen molar-refractivity contribution in [3.05, 3.63) is 11.6 Å². The van der Waals surface area contributed by atoms with E-state index in [1.165, 1.54) is 0 Å². The third kappa shape index (κ3) is 4.17. The fourth-order valence-corrected chi connectivity index (χ4v) is 12.3. The van der Waals surface area contributed by atoms with Crippen LogP contribution in [0, 0.1) is 50.2 Å². The van der Waals surface area contributed by atoms with E-state index in [1.807, 2.05) is 0 Å². The molecule has 0 aromatic rings. The van der Waals surface area contributed by atoms with Crippen LogP contribution in [0.3, 0.4) is 0 Å². The van der Waals surface area contributed by atoms with Crippen LogP contribution in [0.5, 0.6) is 0 Å². The van der Waals surface area contributed by atoms with Crippen molar-refractivity contribution in [2.75, 3.05) is 6.61 Å². The first-order valence-corrected chi connectivity index (χ1v) is 17.0. The lowest BCUT2D eigenvalue weighted by atomic mass is 9.33. The molecule has 5 unspecified atom stereocenters. The maximum atomic E-state index is 13.1. The third-order valence-electron chi connectivity index (χ3n) is 15.2. The monoisotopic (exact) mass is 586 g/mol. The number of ketones is 1. The first-order valence-electron chi connectivity index (χ1n) is 17.0. The van der Waals surface area contributed by atoms with Gasteiger partial charge in [-0.1, -0.05) is 60.1 Å². The second-order valence-corrected chi connectivity index (χ2v) is 17.8. The molecule has 1 heterocycles. The van der Waals surface area contributed by atoms with Gasteiger partial charge in [-0.15, -0.1) is 0 Å². The van der Waals surface area contributed by atoms with Gasteiger partial charge in [-0.3, -0.25) is 4.79 Å². The maximum Gasteiger partial charge on any atom is 0.138 e. The van der Waals surface area contributed by atoms with Gasteiger partial charge >= 0.3 is 0 Å². The largest absolute Gasteiger partial charge is 0.394 e. The summed E-state index contributed by atoms with van der Waals surface area (Å²) in [7, 11) is 0. The first-order chi connectivity index (χ1) is 19.5. The Morgan fingerprint density at radius 2 is 1.50 bits per heavy atom.